The van der Waals surface area contributed by atoms with Crippen LogP contribution in [0.15, 0.2) is 30.5 Å². The molecule has 638 valence electrons. The molecule has 115 heavy (non-hydrogen) atoms. The maximum atomic E-state index is 15.0. The summed E-state index contributed by atoms with van der Waals surface area (Å²) in [6.45, 7) is 8.07. The Labute approximate surface area is 661 Å². The first kappa shape index (κ1) is 97.3. The molecule has 2 aromatic rings. The topological polar surface area (TPSA) is 667 Å². The van der Waals surface area contributed by atoms with Crippen LogP contribution in [0.5, 0.6) is 0 Å². The van der Waals surface area contributed by atoms with Gasteiger partial charge in [-0.2, -0.15) is 0 Å². The number of para-hydroxylation sites is 1. The maximum absolute atomic E-state index is 15.0. The Kier molecular flexibility index (Phi) is 41.4. The highest BCUT2D eigenvalue weighted by Gasteiger charge is 2.42. The number of esters is 1. The lowest BCUT2D eigenvalue weighted by atomic mass is 9.94. The summed E-state index contributed by atoms with van der Waals surface area (Å²) in [6, 6.07) is -14.6. The van der Waals surface area contributed by atoms with Crippen molar-refractivity contribution in [3.63, 3.8) is 0 Å². The Bertz CT molecular complexity index is 3820. The smallest absolute Gasteiger partial charge is 0.329 e. The molecular weight excluding hydrogens is 1520 g/mol. The Morgan fingerprint density at radius 2 is 1.13 bits per heavy atom. The van der Waals surface area contributed by atoms with Crippen molar-refractivity contribution >= 4 is 129 Å². The second-order valence-electron chi connectivity index (χ2n) is 28.5. The molecule has 3 rings (SSSR count). The quantitative estimate of drug-likeness (QED) is 0.0230. The van der Waals surface area contributed by atoms with Crippen molar-refractivity contribution in [3.8, 4) is 0 Å². The average Bonchev–Trinajstić information content (AvgIpc) is 1.63. The highest BCUT2D eigenvalue weighted by atomic mass is 16.5. The zero-order valence-corrected chi connectivity index (χ0v) is 65.5. The molecule has 1 saturated heterocycles. The molecule has 1 aromatic carbocycles. The molecule has 0 saturated carbocycles. The number of aromatic amines is 1. The van der Waals surface area contributed by atoms with Crippen molar-refractivity contribution in [2.45, 2.75) is 243 Å². The van der Waals surface area contributed by atoms with Crippen LogP contribution in [-0.4, -0.2) is 253 Å². The number of amides is 14. The third kappa shape index (κ3) is 34.6. The van der Waals surface area contributed by atoms with Crippen molar-refractivity contribution in [1.82, 2.24) is 73.7 Å². The lowest BCUT2D eigenvalue weighted by Crippen LogP contribution is -2.62. The van der Waals surface area contributed by atoms with E-state index in [0.29, 0.717) is 40.1 Å². The van der Waals surface area contributed by atoms with Crippen molar-refractivity contribution in [2.24, 2.45) is 29.2 Å². The molecule has 0 radical (unpaired) electrons. The number of carbonyl (C=O) groups is 20. The number of carboxylic acid groups (broad SMARTS) is 5. The highest BCUT2D eigenvalue weighted by molar-refractivity contribution is 6.02. The van der Waals surface area contributed by atoms with E-state index in [0.717, 1.165) is 53.5 Å². The number of hydrogen-bond acceptors (Lipinski definition) is 22. The van der Waals surface area contributed by atoms with Crippen LogP contribution in [0.3, 0.4) is 0 Å². The van der Waals surface area contributed by atoms with E-state index in [9.17, 15) is 121 Å². The van der Waals surface area contributed by atoms with Gasteiger partial charge in [0.15, 0.2) is 0 Å². The fourth-order valence-corrected chi connectivity index (χ4v) is 12.0. The summed E-state index contributed by atoms with van der Waals surface area (Å²) in [5.41, 5.74) is 12.3. The summed E-state index contributed by atoms with van der Waals surface area (Å²) >= 11 is 0. The van der Waals surface area contributed by atoms with E-state index in [1.165, 1.54) is 13.8 Å². The van der Waals surface area contributed by atoms with Gasteiger partial charge >= 0.3 is 35.8 Å². The molecule has 1 aliphatic heterocycles. The van der Waals surface area contributed by atoms with Crippen LogP contribution in [0.1, 0.15) is 170 Å². The van der Waals surface area contributed by atoms with Crippen molar-refractivity contribution in [2.75, 3.05) is 26.7 Å². The van der Waals surface area contributed by atoms with Gasteiger partial charge < -0.3 is 115 Å². The number of benzene rings is 1. The number of nitrogens with zero attached hydrogens (tertiary/aromatic N) is 1. The monoisotopic (exact) mass is 1630 g/mol. The van der Waals surface area contributed by atoms with Gasteiger partial charge in [-0.05, 0) is 81.9 Å². The predicted molar refractivity (Wildman–Crippen MR) is 403 cm³/mol. The second kappa shape index (κ2) is 48.9. The first-order valence-corrected chi connectivity index (χ1v) is 37.8. The van der Waals surface area contributed by atoms with E-state index in [-0.39, 0.29) is 45.1 Å². The molecule has 2 heterocycles. The number of hydrogen-bond donors (Lipinski definition) is 20. The molecule has 42 nitrogen and oxygen atoms in total. The molecule has 22 N–H and O–H groups in total. The van der Waals surface area contributed by atoms with E-state index < -0.39 is 261 Å². The minimum Gasteiger partial charge on any atom is -0.481 e. The van der Waals surface area contributed by atoms with Crippen LogP contribution in [0, 0.1) is 17.8 Å². The van der Waals surface area contributed by atoms with Gasteiger partial charge in [-0.15, -0.1) is 0 Å². The highest BCUT2D eigenvalue weighted by Crippen LogP contribution is 2.22. The fraction of sp³-hybridized carbons (Fsp3) is 0.616. The number of unbranched alkanes of at least 4 members (excludes halogenated alkanes) is 4. The molecule has 0 spiro atoms. The number of fused-ring (bicyclic) bond motifs is 1. The fourth-order valence-electron chi connectivity index (χ4n) is 12.0. The first-order chi connectivity index (χ1) is 54.1. The molecule has 1 aromatic heterocycles. The number of ether oxygens (including phenoxy) is 1. The standard InChI is InChI=1S/C73H110N16O26/c1-9-36(3)19-13-11-12-14-23-52(91)79-46(28-41-33-76-43-21-16-15-20-42(41)43)67(108)82-45(24-25-55(94)95)66(107)85-50(32-59(102)103)70(111)88-62-40(7)115-73(114)61(37(4)10-2)87-71(112)60(38(5)27-56(96)97)86-69(110)47(29-51(75)90)80-53(92)34-77-64(105)48(30-57(98)99)84-65(106)44(22-17-18-26-74)81-68(109)49(31-58(100)101)83-63(104)39(6)78-54(93)35-89(8)72(62)113/h15-16,20-21,33,36-40,44-50,60-62,76H,9-14,17-19,22-32,34-35,74H2,1-8H3,(H2,75,90)(H,77,105)(H,78,93)(H,79,91)(H,80,92)(H,81,109)(H,82,108)(H,83,104)(H,84,106)(H,85,107)(H,86,110)(H,87,112)(H,88,111)(H,94,95)(H,96,97)(H,98,99)(H,100,101)(H,102,103)/t36?,37?,38?,39-,40+,44+,45+,46-,47+,48-,49-,50-,60?,61-,62-/m0/s1. The summed E-state index contributed by atoms with van der Waals surface area (Å²) in [4.78, 5) is 276. The summed E-state index contributed by atoms with van der Waals surface area (Å²) in [5.74, 6) is -29.4. The van der Waals surface area contributed by atoms with E-state index in [4.69, 9.17) is 16.2 Å². The number of primary amides is 1. The van der Waals surface area contributed by atoms with Gasteiger partial charge in [-0.25, -0.2) is 4.79 Å². The number of aromatic nitrogens is 1. The van der Waals surface area contributed by atoms with Crippen molar-refractivity contribution < 1.29 is 126 Å². The number of carboxylic acids is 5. The lowest BCUT2D eigenvalue weighted by molar-refractivity contribution is -0.159. The lowest BCUT2D eigenvalue weighted by Gasteiger charge is -2.32. The predicted octanol–water partition coefficient (Wildman–Crippen LogP) is -3.58. The maximum Gasteiger partial charge on any atom is 0.329 e. The number of H-pyrrole nitrogens is 1. The van der Waals surface area contributed by atoms with Gasteiger partial charge in [-0.1, -0.05) is 91.3 Å². The average molecular weight is 1630 g/mol. The number of nitrogens with one attached hydrogen (secondary N) is 13. The van der Waals surface area contributed by atoms with Crippen LogP contribution in [0.4, 0.5) is 0 Å². The summed E-state index contributed by atoms with van der Waals surface area (Å²) in [6.07, 6.45) is -3.03. The van der Waals surface area contributed by atoms with E-state index in [2.05, 4.69) is 77.3 Å². The Morgan fingerprint density at radius 3 is 1.74 bits per heavy atom. The molecule has 14 amide bonds. The second-order valence-corrected chi connectivity index (χ2v) is 28.5. The Balaban J connectivity index is 2.25. The van der Waals surface area contributed by atoms with Crippen molar-refractivity contribution in [3.05, 3.63) is 36.0 Å². The van der Waals surface area contributed by atoms with Gasteiger partial charge in [0.05, 0.1) is 45.2 Å². The largest absolute Gasteiger partial charge is 0.481 e. The van der Waals surface area contributed by atoms with Crippen LogP contribution >= 0.6 is 0 Å². The third-order valence-electron chi connectivity index (χ3n) is 18.9. The van der Waals surface area contributed by atoms with Crippen LogP contribution in [0.2, 0.25) is 0 Å². The van der Waals surface area contributed by atoms with Crippen molar-refractivity contribution in [1.29, 1.82) is 0 Å². The summed E-state index contributed by atoms with van der Waals surface area (Å²) in [5, 5.41) is 77.2. The molecule has 4 unspecified atom stereocenters. The first-order valence-electron chi connectivity index (χ1n) is 37.8. The molecule has 1 aliphatic rings. The van der Waals surface area contributed by atoms with Crippen LogP contribution < -0.4 is 75.3 Å². The van der Waals surface area contributed by atoms with E-state index in [1.54, 1.807) is 30.5 Å². The van der Waals surface area contributed by atoms with Crippen LogP contribution in [0.25, 0.3) is 10.9 Å². The number of aliphatic carboxylic acids is 5. The zero-order chi connectivity index (χ0) is 86.5. The molecule has 1 fully saturated rings. The minimum absolute atomic E-state index is 0.00626. The van der Waals surface area contributed by atoms with Gasteiger partial charge in [0.25, 0.3) is 0 Å². The number of likely N-dealkylation sites (N-methyl/N-ethyl adjacent to an activating group) is 1. The minimum atomic E-state index is -2.31. The van der Waals surface area contributed by atoms with Crippen LogP contribution in [-0.2, 0) is 107 Å². The van der Waals surface area contributed by atoms with Gasteiger partial charge in [0, 0.05) is 43.4 Å². The molecule has 0 bridgehead atoms. The number of carbonyl (C=O) groups excluding carboxylic acids is 15. The zero-order valence-electron chi connectivity index (χ0n) is 65.5. The normalized spacial score (nSPS) is 21.9. The SMILES string of the molecule is CCC(C)CCCCCCC(=O)N[C@@H](Cc1c[nH]c2ccccc12)C(=O)N[C@H](CCC(=O)O)C(=O)N[C@@H](CC(=O)O)C(=O)N[C@@H]1C(=O)N(C)CC(=O)N[C@@H](C)C(=O)N[C@@H](CC(=O)O)C(=O)N[C@H](CCCCN)C(=O)N[C@@H](CC(=O)O)C(=O)NCC(=O)N[C@H](CC(N)=O)C(=O)NC(C(C)CC(=O)O)C(=O)N[C@@H](C(C)CC)C(=O)O[C@@H]1C. The molecule has 42 heteroatoms. The molecule has 15 atom stereocenters. The Hall–Kier alpha value is -11.9. The number of cyclic esters (lactones) is 1. The third-order valence-corrected chi connectivity index (χ3v) is 18.9. The number of rotatable bonds is 37. The van der Waals surface area contributed by atoms with E-state index in [1.807, 2.05) is 5.32 Å². The number of nitrogens with two attached hydrogens (primary N) is 2. The summed E-state index contributed by atoms with van der Waals surface area (Å²) in [7, 11) is 0.930. The molecule has 0 aliphatic carbocycles. The molecular formula is C73H110N16O26. The van der Waals surface area contributed by atoms with E-state index >= 15 is 0 Å². The summed E-state index contributed by atoms with van der Waals surface area (Å²) < 4.78 is 5.79. The Morgan fingerprint density at radius 1 is 0.557 bits per heavy atom. The van der Waals surface area contributed by atoms with Gasteiger partial charge in [0.2, 0.25) is 82.7 Å². The van der Waals surface area contributed by atoms with Gasteiger partial charge in [0.1, 0.15) is 72.6 Å². The van der Waals surface area contributed by atoms with Gasteiger partial charge in [-0.3, -0.25) is 91.1 Å².